The fraction of sp³-hybridized carbons (Fsp3) is 0.846. The second-order valence-electron chi connectivity index (χ2n) is 4.58. The Kier molecular flexibility index (Phi) is 6.01. The van der Waals surface area contributed by atoms with Gasteiger partial charge in [0.15, 0.2) is 0 Å². The molecule has 0 aromatic carbocycles. The summed E-state index contributed by atoms with van der Waals surface area (Å²) in [6.07, 6.45) is 6.38. The summed E-state index contributed by atoms with van der Waals surface area (Å²) in [6, 6.07) is -0.345. The Morgan fingerprint density at radius 3 is 2.71 bits per heavy atom. The highest BCUT2D eigenvalue weighted by molar-refractivity contribution is 5.84. The van der Waals surface area contributed by atoms with E-state index < -0.39 is 0 Å². The number of amides is 1. The van der Waals surface area contributed by atoms with E-state index in [9.17, 15) is 9.59 Å². The third-order valence-electron chi connectivity index (χ3n) is 3.29. The molecule has 0 N–H and O–H groups in total. The molecule has 1 atom stereocenters. The normalized spacial score (nSPS) is 20.1. The van der Waals surface area contributed by atoms with Crippen molar-refractivity contribution in [1.82, 2.24) is 4.90 Å². The van der Waals surface area contributed by atoms with E-state index in [1.165, 1.54) is 7.11 Å². The molecule has 17 heavy (non-hydrogen) atoms. The van der Waals surface area contributed by atoms with Gasteiger partial charge in [-0.05, 0) is 25.7 Å². The van der Waals surface area contributed by atoms with Crippen LogP contribution in [-0.2, 0) is 14.3 Å². The zero-order valence-corrected chi connectivity index (χ0v) is 10.9. The molecular formula is C13H23NO3. The zero-order valence-electron chi connectivity index (χ0n) is 10.9. The van der Waals surface area contributed by atoms with E-state index in [1.807, 2.05) is 0 Å². The van der Waals surface area contributed by atoms with Crippen LogP contribution in [0, 0.1) is 0 Å². The van der Waals surface area contributed by atoms with Crippen LogP contribution < -0.4 is 0 Å². The van der Waals surface area contributed by atoms with E-state index in [2.05, 4.69) is 6.92 Å². The summed E-state index contributed by atoms with van der Waals surface area (Å²) in [5, 5.41) is 0. The van der Waals surface area contributed by atoms with E-state index >= 15 is 0 Å². The maximum Gasteiger partial charge on any atom is 0.328 e. The lowest BCUT2D eigenvalue weighted by atomic mass is 10.0. The van der Waals surface area contributed by atoms with Crippen LogP contribution in [0.1, 0.15) is 51.9 Å². The second-order valence-corrected chi connectivity index (χ2v) is 4.58. The molecule has 4 heteroatoms. The van der Waals surface area contributed by atoms with E-state index in [1.54, 1.807) is 4.90 Å². The molecule has 1 saturated heterocycles. The van der Waals surface area contributed by atoms with Crippen LogP contribution in [0.25, 0.3) is 0 Å². The van der Waals surface area contributed by atoms with E-state index in [-0.39, 0.29) is 17.9 Å². The Bertz CT molecular complexity index is 265. The molecule has 0 aromatic rings. The van der Waals surface area contributed by atoms with Gasteiger partial charge in [-0.25, -0.2) is 4.79 Å². The van der Waals surface area contributed by atoms with Gasteiger partial charge in [0.05, 0.1) is 7.11 Å². The van der Waals surface area contributed by atoms with Gasteiger partial charge in [0.1, 0.15) is 6.04 Å². The van der Waals surface area contributed by atoms with Crippen molar-refractivity contribution >= 4 is 11.9 Å². The number of likely N-dealkylation sites (tertiary alicyclic amines) is 1. The number of esters is 1. The standard InChI is InChI=1S/C13H23NO3/c1-3-4-5-9-12(15)14-10-7-6-8-11(14)13(16)17-2/h11H,3-10H2,1-2H3. The van der Waals surface area contributed by atoms with E-state index in [0.717, 1.165) is 38.5 Å². The average Bonchev–Trinajstić information content (AvgIpc) is 2.38. The largest absolute Gasteiger partial charge is 0.467 e. The number of nitrogens with zero attached hydrogens (tertiary/aromatic N) is 1. The number of rotatable bonds is 5. The molecule has 1 aliphatic rings. The Balaban J connectivity index is 2.52. The summed E-state index contributed by atoms with van der Waals surface area (Å²) >= 11 is 0. The number of methoxy groups -OCH3 is 1. The summed E-state index contributed by atoms with van der Waals surface area (Å²) in [4.78, 5) is 25.3. The van der Waals surface area contributed by atoms with Gasteiger partial charge in [-0.2, -0.15) is 0 Å². The quantitative estimate of drug-likeness (QED) is 0.547. The summed E-state index contributed by atoms with van der Waals surface area (Å²) < 4.78 is 4.76. The third-order valence-corrected chi connectivity index (χ3v) is 3.29. The predicted molar refractivity (Wildman–Crippen MR) is 65.5 cm³/mol. The minimum absolute atomic E-state index is 0.105. The van der Waals surface area contributed by atoms with Crippen LogP contribution in [0.15, 0.2) is 0 Å². The Labute approximate surface area is 103 Å². The van der Waals surface area contributed by atoms with Gasteiger partial charge in [-0.15, -0.1) is 0 Å². The Hall–Kier alpha value is -1.06. The van der Waals surface area contributed by atoms with Crippen molar-refractivity contribution in [1.29, 1.82) is 0 Å². The lowest BCUT2D eigenvalue weighted by Gasteiger charge is -2.33. The first kappa shape index (κ1) is 14.0. The van der Waals surface area contributed by atoms with Crippen molar-refractivity contribution in [2.75, 3.05) is 13.7 Å². The van der Waals surface area contributed by atoms with Crippen molar-refractivity contribution in [3.63, 3.8) is 0 Å². The fourth-order valence-electron chi connectivity index (χ4n) is 2.28. The highest BCUT2D eigenvalue weighted by Crippen LogP contribution is 2.19. The first-order valence-corrected chi connectivity index (χ1v) is 6.58. The Morgan fingerprint density at radius 1 is 1.29 bits per heavy atom. The van der Waals surface area contributed by atoms with Crippen molar-refractivity contribution in [3.8, 4) is 0 Å². The number of piperidine rings is 1. The highest BCUT2D eigenvalue weighted by atomic mass is 16.5. The first-order chi connectivity index (χ1) is 8.20. The molecule has 0 radical (unpaired) electrons. The fourth-order valence-corrected chi connectivity index (χ4v) is 2.28. The van der Waals surface area contributed by atoms with Crippen molar-refractivity contribution in [2.24, 2.45) is 0 Å². The number of carbonyl (C=O) groups is 2. The summed E-state index contributed by atoms with van der Waals surface area (Å²) in [5.74, 6) is -0.165. The number of unbranched alkanes of at least 4 members (excludes halogenated alkanes) is 2. The topological polar surface area (TPSA) is 46.6 Å². The van der Waals surface area contributed by atoms with Gasteiger partial charge in [0.2, 0.25) is 5.91 Å². The van der Waals surface area contributed by atoms with Gasteiger partial charge >= 0.3 is 5.97 Å². The molecule has 1 fully saturated rings. The molecule has 0 saturated carbocycles. The smallest absolute Gasteiger partial charge is 0.328 e. The van der Waals surface area contributed by atoms with Crippen LogP contribution in [0.5, 0.6) is 0 Å². The third kappa shape index (κ3) is 4.02. The van der Waals surface area contributed by atoms with Gasteiger partial charge in [0.25, 0.3) is 0 Å². The van der Waals surface area contributed by atoms with E-state index in [0.29, 0.717) is 13.0 Å². The minimum Gasteiger partial charge on any atom is -0.467 e. The predicted octanol–water partition coefficient (Wildman–Crippen LogP) is 2.12. The lowest BCUT2D eigenvalue weighted by molar-refractivity contribution is -0.154. The van der Waals surface area contributed by atoms with Crippen LogP contribution in [0.2, 0.25) is 0 Å². The maximum atomic E-state index is 12.0. The molecule has 1 heterocycles. The van der Waals surface area contributed by atoms with Gasteiger partial charge in [-0.1, -0.05) is 19.8 Å². The van der Waals surface area contributed by atoms with Crippen LogP contribution >= 0.6 is 0 Å². The number of hydrogen-bond acceptors (Lipinski definition) is 3. The zero-order chi connectivity index (χ0) is 12.7. The second kappa shape index (κ2) is 7.30. The van der Waals surface area contributed by atoms with Crippen LogP contribution in [0.3, 0.4) is 0 Å². The van der Waals surface area contributed by atoms with Crippen molar-refractivity contribution < 1.29 is 14.3 Å². The molecule has 1 aliphatic heterocycles. The molecule has 98 valence electrons. The maximum absolute atomic E-state index is 12.0. The van der Waals surface area contributed by atoms with Gasteiger partial charge in [0, 0.05) is 13.0 Å². The van der Waals surface area contributed by atoms with E-state index in [4.69, 9.17) is 4.74 Å². The molecule has 0 aliphatic carbocycles. The molecule has 1 rings (SSSR count). The lowest BCUT2D eigenvalue weighted by Crippen LogP contribution is -2.48. The van der Waals surface area contributed by atoms with Crippen molar-refractivity contribution in [2.45, 2.75) is 57.9 Å². The van der Waals surface area contributed by atoms with Crippen molar-refractivity contribution in [3.05, 3.63) is 0 Å². The monoisotopic (exact) mass is 241 g/mol. The summed E-state index contributed by atoms with van der Waals surface area (Å²) in [6.45, 7) is 2.81. The van der Waals surface area contributed by atoms with Crippen LogP contribution in [0.4, 0.5) is 0 Å². The Morgan fingerprint density at radius 2 is 2.06 bits per heavy atom. The number of hydrogen-bond donors (Lipinski definition) is 0. The van der Waals surface area contributed by atoms with Gasteiger partial charge < -0.3 is 9.64 Å². The molecule has 0 spiro atoms. The molecule has 0 aromatic heterocycles. The first-order valence-electron chi connectivity index (χ1n) is 6.58. The average molecular weight is 241 g/mol. The summed E-state index contributed by atoms with van der Waals surface area (Å²) in [7, 11) is 1.39. The number of ether oxygens (including phenoxy) is 1. The number of carbonyl (C=O) groups excluding carboxylic acids is 2. The van der Waals surface area contributed by atoms with Crippen LogP contribution in [-0.4, -0.2) is 36.5 Å². The molecule has 4 nitrogen and oxygen atoms in total. The highest BCUT2D eigenvalue weighted by Gasteiger charge is 2.32. The molecule has 1 amide bonds. The molecule has 1 unspecified atom stereocenters. The van der Waals surface area contributed by atoms with Gasteiger partial charge in [-0.3, -0.25) is 4.79 Å². The summed E-state index contributed by atoms with van der Waals surface area (Å²) in [5.41, 5.74) is 0. The molecule has 0 bridgehead atoms. The SMILES string of the molecule is CCCCCC(=O)N1CCCCC1C(=O)OC. The minimum atomic E-state index is -0.345. The molecular weight excluding hydrogens is 218 g/mol.